The lowest BCUT2D eigenvalue weighted by atomic mass is 9.86. The van der Waals surface area contributed by atoms with Crippen molar-refractivity contribution >= 4 is 11.6 Å². The van der Waals surface area contributed by atoms with Crippen molar-refractivity contribution in [1.82, 2.24) is 0 Å². The van der Waals surface area contributed by atoms with Crippen molar-refractivity contribution in [3.63, 3.8) is 0 Å². The highest BCUT2D eigenvalue weighted by Crippen LogP contribution is 2.50. The minimum atomic E-state index is -1.82. The number of aliphatic hydroxyl groups is 1. The average Bonchev–Trinajstić information content (AvgIpc) is 3.30. The number of ether oxygens (including phenoxy) is 2. The minimum Gasteiger partial charge on any atom is -0.454 e. The lowest BCUT2D eigenvalue weighted by molar-refractivity contribution is -0.132. The van der Waals surface area contributed by atoms with Gasteiger partial charge in [-0.25, -0.2) is 0 Å². The Morgan fingerprint density at radius 3 is 2.71 bits per heavy atom. The van der Waals surface area contributed by atoms with E-state index in [0.717, 1.165) is 0 Å². The molecule has 1 aliphatic carbocycles. The molecule has 140 valence electrons. The summed E-state index contributed by atoms with van der Waals surface area (Å²) in [6, 6.07) is 12.4. The molecule has 5 rings (SSSR count). The first-order valence-electron chi connectivity index (χ1n) is 9.15. The van der Waals surface area contributed by atoms with Gasteiger partial charge in [0.05, 0.1) is 11.2 Å². The number of carbonyl (C=O) groups is 1. The van der Waals surface area contributed by atoms with E-state index in [1.807, 2.05) is 42.5 Å². The summed E-state index contributed by atoms with van der Waals surface area (Å²) in [6.07, 6.45) is 10.1. The second kappa shape index (κ2) is 5.84. The summed E-state index contributed by atoms with van der Waals surface area (Å²) in [4.78, 5) is 15.4. The lowest BCUT2D eigenvalue weighted by Gasteiger charge is -2.39. The standard InChI is InChI=1S/C23H19NO4/c1-2-22(12-6-3-7-13-22)24-18-9-5-4-8-17(18)23(26,21(24)25)16-10-11-19-20(14-16)28-15-27-19/h2-12,14,26H,1,13,15H2. The van der Waals surface area contributed by atoms with Crippen LogP contribution in [0.2, 0.25) is 0 Å². The molecule has 1 amide bonds. The molecule has 2 atom stereocenters. The second-order valence-corrected chi connectivity index (χ2v) is 7.12. The number of benzene rings is 2. The van der Waals surface area contributed by atoms with Crippen molar-refractivity contribution in [3.05, 3.63) is 90.6 Å². The maximum atomic E-state index is 13.7. The molecular weight excluding hydrogens is 354 g/mol. The summed E-state index contributed by atoms with van der Waals surface area (Å²) in [6.45, 7) is 4.11. The third-order valence-corrected chi connectivity index (χ3v) is 5.68. The van der Waals surface area contributed by atoms with Gasteiger partial charge in [0, 0.05) is 11.1 Å². The first kappa shape index (κ1) is 16.8. The monoisotopic (exact) mass is 373 g/mol. The number of anilines is 1. The summed E-state index contributed by atoms with van der Waals surface area (Å²) >= 11 is 0. The molecule has 0 saturated carbocycles. The fourth-order valence-corrected chi connectivity index (χ4v) is 4.21. The van der Waals surface area contributed by atoms with Gasteiger partial charge in [0.25, 0.3) is 5.91 Å². The molecule has 0 bridgehead atoms. The Morgan fingerprint density at radius 2 is 1.93 bits per heavy atom. The molecule has 0 saturated heterocycles. The number of rotatable bonds is 3. The van der Waals surface area contributed by atoms with Gasteiger partial charge in [0.1, 0.15) is 0 Å². The topological polar surface area (TPSA) is 59.0 Å². The fourth-order valence-electron chi connectivity index (χ4n) is 4.21. The van der Waals surface area contributed by atoms with E-state index in [2.05, 4.69) is 6.58 Å². The van der Waals surface area contributed by atoms with E-state index in [0.29, 0.717) is 34.7 Å². The van der Waals surface area contributed by atoms with Crippen LogP contribution in [0.4, 0.5) is 5.69 Å². The van der Waals surface area contributed by atoms with Crippen molar-refractivity contribution in [2.45, 2.75) is 17.6 Å². The van der Waals surface area contributed by atoms with Crippen LogP contribution in [-0.4, -0.2) is 23.3 Å². The van der Waals surface area contributed by atoms with Crippen LogP contribution in [0.3, 0.4) is 0 Å². The highest BCUT2D eigenvalue weighted by atomic mass is 16.7. The molecule has 3 aliphatic rings. The van der Waals surface area contributed by atoms with Crippen LogP contribution in [0.25, 0.3) is 0 Å². The molecule has 2 heterocycles. The summed E-state index contributed by atoms with van der Waals surface area (Å²) in [5.74, 6) is 0.715. The number of nitrogens with zero attached hydrogens (tertiary/aromatic N) is 1. The minimum absolute atomic E-state index is 0.130. The molecule has 2 unspecified atom stereocenters. The van der Waals surface area contributed by atoms with Crippen LogP contribution in [0.1, 0.15) is 17.5 Å². The molecule has 2 aliphatic heterocycles. The molecule has 5 nitrogen and oxygen atoms in total. The van der Waals surface area contributed by atoms with Gasteiger partial charge in [0.15, 0.2) is 17.1 Å². The molecule has 0 fully saturated rings. The largest absolute Gasteiger partial charge is 0.454 e. The predicted octanol–water partition coefficient (Wildman–Crippen LogP) is 3.44. The number of amides is 1. The van der Waals surface area contributed by atoms with Gasteiger partial charge in [-0.3, -0.25) is 9.69 Å². The Balaban J connectivity index is 1.70. The summed E-state index contributed by atoms with van der Waals surface area (Å²) in [7, 11) is 0. The van der Waals surface area contributed by atoms with E-state index >= 15 is 0 Å². The van der Waals surface area contributed by atoms with Crippen molar-refractivity contribution in [2.75, 3.05) is 11.7 Å². The van der Waals surface area contributed by atoms with Gasteiger partial charge in [-0.1, -0.05) is 54.6 Å². The van der Waals surface area contributed by atoms with E-state index in [1.165, 1.54) is 0 Å². The molecule has 2 aromatic carbocycles. The van der Waals surface area contributed by atoms with E-state index in [4.69, 9.17) is 9.47 Å². The van der Waals surface area contributed by atoms with Gasteiger partial charge < -0.3 is 14.6 Å². The Kier molecular flexibility index (Phi) is 3.51. The van der Waals surface area contributed by atoms with E-state index in [1.54, 1.807) is 35.2 Å². The van der Waals surface area contributed by atoms with E-state index in [9.17, 15) is 9.90 Å². The zero-order valence-corrected chi connectivity index (χ0v) is 15.2. The number of carbonyl (C=O) groups excluding carboxylic acids is 1. The zero-order valence-electron chi connectivity index (χ0n) is 15.2. The predicted molar refractivity (Wildman–Crippen MR) is 105 cm³/mol. The van der Waals surface area contributed by atoms with Gasteiger partial charge in [0.2, 0.25) is 6.79 Å². The molecule has 0 radical (unpaired) electrons. The van der Waals surface area contributed by atoms with Crippen molar-refractivity contribution in [3.8, 4) is 11.5 Å². The van der Waals surface area contributed by atoms with Crippen LogP contribution in [0.15, 0.2) is 79.4 Å². The van der Waals surface area contributed by atoms with Gasteiger partial charge in [-0.2, -0.15) is 0 Å². The average molecular weight is 373 g/mol. The molecule has 5 heteroatoms. The third kappa shape index (κ3) is 2.08. The molecule has 0 spiro atoms. The number of para-hydroxylation sites is 1. The summed E-state index contributed by atoms with van der Waals surface area (Å²) in [5, 5.41) is 11.8. The van der Waals surface area contributed by atoms with Crippen LogP contribution in [0, 0.1) is 0 Å². The number of hydrogen-bond acceptors (Lipinski definition) is 4. The van der Waals surface area contributed by atoms with Gasteiger partial charge >= 0.3 is 0 Å². The summed E-state index contributed by atoms with van der Waals surface area (Å²) in [5.41, 5.74) is -0.882. The number of fused-ring (bicyclic) bond motifs is 2. The number of allylic oxidation sites excluding steroid dienone is 2. The van der Waals surface area contributed by atoms with Crippen LogP contribution >= 0.6 is 0 Å². The maximum absolute atomic E-state index is 13.7. The van der Waals surface area contributed by atoms with Crippen LogP contribution in [-0.2, 0) is 10.4 Å². The smallest absolute Gasteiger partial charge is 0.269 e. The Hall–Kier alpha value is -3.31. The highest BCUT2D eigenvalue weighted by Gasteiger charge is 2.55. The van der Waals surface area contributed by atoms with Crippen molar-refractivity contribution in [2.24, 2.45) is 0 Å². The quantitative estimate of drug-likeness (QED) is 0.838. The van der Waals surface area contributed by atoms with Crippen molar-refractivity contribution < 1.29 is 19.4 Å². The lowest BCUT2D eigenvalue weighted by Crippen LogP contribution is -2.52. The van der Waals surface area contributed by atoms with E-state index in [-0.39, 0.29) is 6.79 Å². The van der Waals surface area contributed by atoms with Crippen LogP contribution in [0.5, 0.6) is 11.5 Å². The molecular formula is C23H19NO4. The highest BCUT2D eigenvalue weighted by molar-refractivity contribution is 6.10. The number of hydrogen-bond donors (Lipinski definition) is 1. The molecule has 1 N–H and O–H groups in total. The Labute approximate surface area is 162 Å². The first-order valence-corrected chi connectivity index (χ1v) is 9.15. The van der Waals surface area contributed by atoms with E-state index < -0.39 is 17.0 Å². The second-order valence-electron chi connectivity index (χ2n) is 7.12. The Bertz CT molecular complexity index is 1060. The molecule has 0 aromatic heterocycles. The van der Waals surface area contributed by atoms with Crippen molar-refractivity contribution in [1.29, 1.82) is 0 Å². The Morgan fingerprint density at radius 1 is 1.11 bits per heavy atom. The fraction of sp³-hybridized carbons (Fsp3) is 0.174. The molecule has 28 heavy (non-hydrogen) atoms. The zero-order chi connectivity index (χ0) is 19.4. The normalized spacial score (nSPS) is 27.2. The third-order valence-electron chi connectivity index (χ3n) is 5.68. The van der Waals surface area contributed by atoms with Gasteiger partial charge in [-0.05, 0) is 24.6 Å². The first-order chi connectivity index (χ1) is 13.6. The molecule has 2 aromatic rings. The van der Waals surface area contributed by atoms with Gasteiger partial charge in [-0.15, -0.1) is 6.58 Å². The summed E-state index contributed by atoms with van der Waals surface area (Å²) < 4.78 is 10.8. The maximum Gasteiger partial charge on any atom is 0.269 e. The van der Waals surface area contributed by atoms with Crippen LogP contribution < -0.4 is 14.4 Å². The SMILES string of the molecule is C=CC1(N2C(=O)C(O)(c3ccc4c(c3)OCO4)c3ccccc32)C=CC=CC1.